The third-order valence-electron chi connectivity index (χ3n) is 6.20. The Bertz CT molecular complexity index is 1180. The first-order chi connectivity index (χ1) is 17.5. The fraction of sp³-hybridized carbons (Fsp3) is 0.516. The van der Waals surface area contributed by atoms with Crippen LogP contribution in [-0.4, -0.2) is 22.9 Å². The van der Waals surface area contributed by atoms with E-state index in [0.29, 0.717) is 16.9 Å². The van der Waals surface area contributed by atoms with Crippen LogP contribution in [0.15, 0.2) is 36.4 Å². The summed E-state index contributed by atoms with van der Waals surface area (Å²) >= 11 is 0. The van der Waals surface area contributed by atoms with Gasteiger partial charge in [0.25, 0.3) is 0 Å². The molecule has 6 heteroatoms. The van der Waals surface area contributed by atoms with E-state index < -0.39 is 0 Å². The van der Waals surface area contributed by atoms with E-state index in [0.717, 1.165) is 47.1 Å². The molecular formula is C31H48FN5. The second-order valence-electron chi connectivity index (χ2n) is 10.0. The standard InChI is InChI=1S/C20H22FN5.C7H14.2C2H6/c1-4-5-14-6-7-17-18(10-14)26(12-22)20(23)24-19(17)25(3)16-9-13(2)8-15(21)11-16;1-7(2,3)6-4-5-6;2*1-2/h6-12,22-23H,4-5H2,1-3H3;6H,4-5H2,1-3H3;2*1-2H3. The Kier molecular flexibility index (Phi) is 12.7. The summed E-state index contributed by atoms with van der Waals surface area (Å²) in [7, 11) is 1.81. The number of rotatable bonds is 5. The molecule has 0 radical (unpaired) electrons. The van der Waals surface area contributed by atoms with Gasteiger partial charge in [0, 0.05) is 18.1 Å². The number of aromatic nitrogens is 2. The van der Waals surface area contributed by atoms with Gasteiger partial charge in [-0.05, 0) is 79.0 Å². The van der Waals surface area contributed by atoms with Crippen molar-refractivity contribution in [1.29, 1.82) is 10.8 Å². The summed E-state index contributed by atoms with van der Waals surface area (Å²) in [4.78, 5) is 6.15. The lowest BCUT2D eigenvalue weighted by Crippen LogP contribution is -2.26. The van der Waals surface area contributed by atoms with Gasteiger partial charge in [-0.1, -0.05) is 67.9 Å². The molecule has 2 N–H and O–H groups in total. The monoisotopic (exact) mass is 509 g/mol. The number of halogens is 1. The van der Waals surface area contributed by atoms with Crippen LogP contribution in [0.3, 0.4) is 0 Å². The normalized spacial score (nSPS) is 12.3. The molecule has 1 aliphatic rings. The van der Waals surface area contributed by atoms with Gasteiger partial charge in [0.1, 0.15) is 11.6 Å². The van der Waals surface area contributed by atoms with E-state index in [2.05, 4.69) is 32.7 Å². The van der Waals surface area contributed by atoms with Crippen LogP contribution in [0.25, 0.3) is 10.9 Å². The predicted octanol–water partition coefficient (Wildman–Crippen LogP) is 8.63. The maximum absolute atomic E-state index is 13.8. The number of fused-ring (bicyclic) bond motifs is 1. The first-order valence-corrected chi connectivity index (χ1v) is 13.7. The van der Waals surface area contributed by atoms with Crippen LogP contribution in [0.4, 0.5) is 15.9 Å². The van der Waals surface area contributed by atoms with E-state index in [4.69, 9.17) is 10.8 Å². The maximum atomic E-state index is 13.8. The highest BCUT2D eigenvalue weighted by Gasteiger charge is 2.33. The van der Waals surface area contributed by atoms with Gasteiger partial charge >= 0.3 is 0 Å². The lowest BCUT2D eigenvalue weighted by molar-refractivity contribution is 0.351. The third kappa shape index (κ3) is 8.80. The Balaban J connectivity index is 0.000000525. The summed E-state index contributed by atoms with van der Waals surface area (Å²) in [6, 6.07) is 10.8. The number of hydrogen-bond acceptors (Lipinski definition) is 4. The minimum absolute atomic E-state index is 0.0314. The molecule has 1 aromatic heterocycles. The summed E-state index contributed by atoms with van der Waals surface area (Å²) < 4.78 is 15.3. The fourth-order valence-corrected chi connectivity index (χ4v) is 4.11. The molecule has 1 aliphatic carbocycles. The number of nitrogens with zero attached hydrogens (tertiary/aromatic N) is 3. The van der Waals surface area contributed by atoms with Crippen LogP contribution in [-0.2, 0) is 6.42 Å². The molecule has 4 rings (SSSR count). The van der Waals surface area contributed by atoms with Crippen LogP contribution in [0, 0.1) is 34.9 Å². The zero-order chi connectivity index (χ0) is 28.3. The second-order valence-corrected chi connectivity index (χ2v) is 10.0. The third-order valence-corrected chi connectivity index (χ3v) is 6.20. The van der Waals surface area contributed by atoms with Crippen LogP contribution >= 0.6 is 0 Å². The Labute approximate surface area is 223 Å². The first-order valence-electron chi connectivity index (χ1n) is 13.7. The van der Waals surface area contributed by atoms with E-state index in [1.54, 1.807) is 4.90 Å². The molecule has 0 saturated heterocycles. The lowest BCUT2D eigenvalue weighted by atomic mass is 9.91. The van der Waals surface area contributed by atoms with Crippen LogP contribution in [0.2, 0.25) is 0 Å². The quantitative estimate of drug-likeness (QED) is 0.267. The number of hydrogen-bond donors (Lipinski definition) is 2. The molecule has 0 atom stereocenters. The Hall–Kier alpha value is -3.02. The summed E-state index contributed by atoms with van der Waals surface area (Å²) in [6.07, 6.45) is 6.00. The van der Waals surface area contributed by atoms with E-state index >= 15 is 0 Å². The second kappa shape index (κ2) is 14.7. The van der Waals surface area contributed by atoms with Gasteiger partial charge in [0.15, 0.2) is 0 Å². The number of benzene rings is 2. The van der Waals surface area contributed by atoms with Crippen molar-refractivity contribution in [1.82, 2.24) is 9.55 Å². The van der Waals surface area contributed by atoms with E-state index in [1.807, 2.05) is 65.9 Å². The van der Waals surface area contributed by atoms with Gasteiger partial charge < -0.3 is 4.90 Å². The van der Waals surface area contributed by atoms with Crippen molar-refractivity contribution in [2.45, 2.75) is 88.0 Å². The van der Waals surface area contributed by atoms with E-state index in [-0.39, 0.29) is 11.4 Å². The molecule has 3 aromatic rings. The highest BCUT2D eigenvalue weighted by molar-refractivity contribution is 5.94. The van der Waals surface area contributed by atoms with Crippen molar-refractivity contribution in [3.8, 4) is 0 Å². The average Bonchev–Trinajstić information content (AvgIpc) is 3.72. The van der Waals surface area contributed by atoms with E-state index in [1.165, 1.54) is 29.5 Å². The largest absolute Gasteiger partial charge is 0.329 e. The average molecular weight is 510 g/mol. The Morgan fingerprint density at radius 3 is 2.16 bits per heavy atom. The van der Waals surface area contributed by atoms with Gasteiger partial charge in [-0.3, -0.25) is 15.4 Å². The molecule has 37 heavy (non-hydrogen) atoms. The minimum atomic E-state index is -0.307. The van der Waals surface area contributed by atoms with Crippen LogP contribution in [0.5, 0.6) is 0 Å². The van der Waals surface area contributed by atoms with Gasteiger partial charge in [-0.15, -0.1) is 0 Å². The van der Waals surface area contributed by atoms with Crippen LogP contribution in [0.1, 0.15) is 85.8 Å². The zero-order valence-electron chi connectivity index (χ0n) is 24.7. The molecule has 0 spiro atoms. The summed E-state index contributed by atoms with van der Waals surface area (Å²) in [6.45, 7) is 18.9. The molecule has 2 aromatic carbocycles. The molecule has 0 bridgehead atoms. The highest BCUT2D eigenvalue weighted by atomic mass is 19.1. The zero-order valence-corrected chi connectivity index (χ0v) is 24.7. The van der Waals surface area contributed by atoms with Crippen molar-refractivity contribution < 1.29 is 4.39 Å². The Morgan fingerprint density at radius 2 is 1.70 bits per heavy atom. The van der Waals surface area contributed by atoms with Gasteiger partial charge in [-0.25, -0.2) is 4.39 Å². The number of nitrogens with one attached hydrogen (secondary N) is 2. The summed E-state index contributed by atoms with van der Waals surface area (Å²) in [5.41, 5.74) is 3.97. The number of aryl methyl sites for hydroxylation is 2. The van der Waals surface area contributed by atoms with Crippen molar-refractivity contribution >= 4 is 28.7 Å². The van der Waals surface area contributed by atoms with Gasteiger partial charge in [0.05, 0.1) is 11.9 Å². The number of anilines is 2. The SMILES string of the molecule is CC.CC.CC(C)(C)C1CC1.CCCc1ccc2c(N(C)c3cc(C)cc(F)c3)nc(=N)n(C=N)c2c1. The summed E-state index contributed by atoms with van der Waals surface area (Å²) in [5.74, 6) is 1.31. The molecule has 0 amide bonds. The molecule has 5 nitrogen and oxygen atoms in total. The van der Waals surface area contributed by atoms with Gasteiger partial charge in [-0.2, -0.15) is 4.98 Å². The van der Waals surface area contributed by atoms with E-state index in [9.17, 15) is 4.39 Å². The fourth-order valence-electron chi connectivity index (χ4n) is 4.11. The minimum Gasteiger partial charge on any atom is -0.329 e. The molecule has 1 saturated carbocycles. The Morgan fingerprint density at radius 1 is 1.08 bits per heavy atom. The molecule has 1 heterocycles. The maximum Gasteiger partial charge on any atom is 0.229 e. The molecule has 0 unspecified atom stereocenters. The molecule has 0 aliphatic heterocycles. The van der Waals surface area contributed by atoms with Crippen molar-refractivity contribution in [3.63, 3.8) is 0 Å². The molecular weight excluding hydrogens is 461 g/mol. The van der Waals surface area contributed by atoms with Gasteiger partial charge in [0.2, 0.25) is 5.62 Å². The summed E-state index contributed by atoms with van der Waals surface area (Å²) in [5, 5.41) is 16.7. The highest BCUT2D eigenvalue weighted by Crippen LogP contribution is 2.44. The first kappa shape index (κ1) is 32.0. The molecule has 204 valence electrons. The smallest absolute Gasteiger partial charge is 0.229 e. The van der Waals surface area contributed by atoms with Crippen molar-refractivity contribution in [2.75, 3.05) is 11.9 Å². The molecule has 1 fully saturated rings. The topological polar surface area (TPSA) is 68.8 Å². The van der Waals surface area contributed by atoms with Crippen LogP contribution < -0.4 is 10.5 Å². The van der Waals surface area contributed by atoms with Crippen molar-refractivity contribution in [2.24, 2.45) is 11.3 Å². The van der Waals surface area contributed by atoms with Crippen molar-refractivity contribution in [3.05, 3.63) is 59.0 Å². The lowest BCUT2D eigenvalue weighted by Gasteiger charge is -2.22. The predicted molar refractivity (Wildman–Crippen MR) is 158 cm³/mol.